The predicted molar refractivity (Wildman–Crippen MR) is 58.6 cm³/mol. The fourth-order valence-electron chi connectivity index (χ4n) is 2.44. The first-order valence-electron chi connectivity index (χ1n) is 5.59. The monoisotopic (exact) mass is 264 g/mol. The molecule has 0 aliphatic carbocycles. The Labute approximate surface area is 99.8 Å². The van der Waals surface area contributed by atoms with Crippen molar-refractivity contribution in [2.24, 2.45) is 0 Å². The van der Waals surface area contributed by atoms with Gasteiger partial charge in [-0.1, -0.05) is 0 Å². The number of ether oxygens (including phenoxy) is 2. The zero-order valence-corrected chi connectivity index (χ0v) is 10.2. The van der Waals surface area contributed by atoms with Crippen molar-refractivity contribution in [3.05, 3.63) is 0 Å². The van der Waals surface area contributed by atoms with E-state index in [0.717, 1.165) is 0 Å². The van der Waals surface area contributed by atoms with Crippen LogP contribution in [0.25, 0.3) is 0 Å². The van der Waals surface area contributed by atoms with Gasteiger partial charge in [0.25, 0.3) is 0 Å². The smallest absolute Gasteiger partial charge is 0.318 e. The maximum Gasteiger partial charge on any atom is 0.318 e. The molecular formula is C10H16O6S. The predicted octanol–water partition coefficient (Wildman–Crippen LogP) is -0.176. The van der Waals surface area contributed by atoms with Crippen molar-refractivity contribution in [2.45, 2.75) is 30.1 Å². The first-order chi connectivity index (χ1) is 7.94. The van der Waals surface area contributed by atoms with E-state index in [9.17, 15) is 13.2 Å². The van der Waals surface area contributed by atoms with Gasteiger partial charge in [-0.25, -0.2) is 8.42 Å². The third kappa shape index (κ3) is 2.78. The second-order valence-corrected chi connectivity index (χ2v) is 6.93. The normalized spacial score (nSPS) is 34.0. The second-order valence-electron chi connectivity index (χ2n) is 4.65. The molecule has 2 fully saturated rings. The van der Waals surface area contributed by atoms with Crippen LogP contribution >= 0.6 is 0 Å². The first-order valence-corrected chi connectivity index (χ1v) is 7.30. The number of carboxylic acid groups (broad SMARTS) is 1. The molecule has 0 aromatic carbocycles. The van der Waals surface area contributed by atoms with Gasteiger partial charge < -0.3 is 14.6 Å². The molecule has 2 aliphatic heterocycles. The van der Waals surface area contributed by atoms with Crippen LogP contribution in [0.4, 0.5) is 0 Å². The van der Waals surface area contributed by atoms with Gasteiger partial charge in [-0.3, -0.25) is 4.79 Å². The Hall–Kier alpha value is -0.660. The standard InChI is InChI=1S/C10H16O6S/c11-9(12)6-17(13,14)8-1-3-16-10(5-8)2-4-15-7-10/h8H,1-7H2,(H,11,12). The Kier molecular flexibility index (Phi) is 3.42. The molecule has 2 heterocycles. The van der Waals surface area contributed by atoms with Gasteiger partial charge >= 0.3 is 5.97 Å². The van der Waals surface area contributed by atoms with E-state index in [-0.39, 0.29) is 0 Å². The van der Waals surface area contributed by atoms with E-state index < -0.39 is 32.4 Å². The van der Waals surface area contributed by atoms with E-state index in [2.05, 4.69) is 0 Å². The van der Waals surface area contributed by atoms with Gasteiger partial charge in [0.15, 0.2) is 9.84 Å². The van der Waals surface area contributed by atoms with Crippen LogP contribution in [0, 0.1) is 0 Å². The molecule has 1 N–H and O–H groups in total. The number of carbonyl (C=O) groups is 1. The molecule has 0 saturated carbocycles. The van der Waals surface area contributed by atoms with E-state index in [1.54, 1.807) is 0 Å². The lowest BCUT2D eigenvalue weighted by atomic mass is 9.93. The highest BCUT2D eigenvalue weighted by Crippen LogP contribution is 2.35. The van der Waals surface area contributed by atoms with Crippen molar-refractivity contribution in [3.63, 3.8) is 0 Å². The topological polar surface area (TPSA) is 89.9 Å². The van der Waals surface area contributed by atoms with E-state index in [0.29, 0.717) is 39.1 Å². The minimum Gasteiger partial charge on any atom is -0.480 e. The molecule has 2 unspecified atom stereocenters. The Morgan fingerprint density at radius 2 is 2.18 bits per heavy atom. The zero-order valence-electron chi connectivity index (χ0n) is 9.42. The summed E-state index contributed by atoms with van der Waals surface area (Å²) in [5.41, 5.74) is -0.505. The molecule has 17 heavy (non-hydrogen) atoms. The summed E-state index contributed by atoms with van der Waals surface area (Å²) in [6, 6.07) is 0. The molecular weight excluding hydrogens is 248 g/mol. The molecule has 6 nitrogen and oxygen atoms in total. The van der Waals surface area contributed by atoms with Gasteiger partial charge in [-0.2, -0.15) is 0 Å². The molecule has 0 radical (unpaired) electrons. The van der Waals surface area contributed by atoms with Crippen LogP contribution in [0.1, 0.15) is 19.3 Å². The molecule has 0 amide bonds. The summed E-state index contributed by atoms with van der Waals surface area (Å²) in [7, 11) is -3.58. The van der Waals surface area contributed by atoms with E-state index in [4.69, 9.17) is 14.6 Å². The maximum absolute atomic E-state index is 11.9. The lowest BCUT2D eigenvalue weighted by molar-refractivity contribution is -0.134. The third-order valence-electron chi connectivity index (χ3n) is 3.35. The van der Waals surface area contributed by atoms with Crippen LogP contribution < -0.4 is 0 Å². The molecule has 2 atom stereocenters. The van der Waals surface area contributed by atoms with Gasteiger partial charge in [0, 0.05) is 19.6 Å². The number of aliphatic carboxylic acids is 1. The summed E-state index contributed by atoms with van der Waals surface area (Å²) >= 11 is 0. The highest BCUT2D eigenvalue weighted by atomic mass is 32.2. The Balaban J connectivity index is 2.09. The van der Waals surface area contributed by atoms with Crippen molar-refractivity contribution in [1.29, 1.82) is 0 Å². The fourth-order valence-corrected chi connectivity index (χ4v) is 4.04. The Bertz CT molecular complexity index is 395. The van der Waals surface area contributed by atoms with Crippen LogP contribution in [0.15, 0.2) is 0 Å². The van der Waals surface area contributed by atoms with Crippen LogP contribution in [0.3, 0.4) is 0 Å². The van der Waals surface area contributed by atoms with Crippen LogP contribution in [0.2, 0.25) is 0 Å². The molecule has 0 bridgehead atoms. The van der Waals surface area contributed by atoms with E-state index >= 15 is 0 Å². The highest BCUT2D eigenvalue weighted by molar-refractivity contribution is 7.92. The molecule has 0 aromatic heterocycles. The van der Waals surface area contributed by atoms with Crippen molar-refractivity contribution in [3.8, 4) is 0 Å². The van der Waals surface area contributed by atoms with Crippen LogP contribution in [0.5, 0.6) is 0 Å². The van der Waals surface area contributed by atoms with Crippen LogP contribution in [-0.4, -0.2) is 55.9 Å². The average Bonchev–Trinajstić information content (AvgIpc) is 2.64. The Morgan fingerprint density at radius 3 is 2.76 bits per heavy atom. The van der Waals surface area contributed by atoms with E-state index in [1.165, 1.54) is 0 Å². The number of carboxylic acids is 1. The molecule has 2 rings (SSSR count). The average molecular weight is 264 g/mol. The van der Waals surface area contributed by atoms with E-state index in [1.807, 2.05) is 0 Å². The lowest BCUT2D eigenvalue weighted by Crippen LogP contribution is -2.46. The summed E-state index contributed by atoms with van der Waals surface area (Å²) in [5, 5.41) is 7.98. The molecule has 2 saturated heterocycles. The molecule has 0 aromatic rings. The van der Waals surface area contributed by atoms with Gasteiger partial charge in [-0.15, -0.1) is 0 Å². The SMILES string of the molecule is O=C(O)CS(=O)(=O)C1CCOC2(CCOC2)C1. The molecule has 7 heteroatoms. The minimum atomic E-state index is -3.58. The van der Waals surface area contributed by atoms with Crippen molar-refractivity contribution in [2.75, 3.05) is 25.6 Å². The van der Waals surface area contributed by atoms with Gasteiger partial charge in [0.2, 0.25) is 0 Å². The van der Waals surface area contributed by atoms with Crippen molar-refractivity contribution < 1.29 is 27.8 Å². The largest absolute Gasteiger partial charge is 0.480 e. The van der Waals surface area contributed by atoms with Crippen molar-refractivity contribution >= 4 is 15.8 Å². The maximum atomic E-state index is 11.9. The third-order valence-corrected chi connectivity index (χ3v) is 5.41. The highest BCUT2D eigenvalue weighted by Gasteiger charge is 2.45. The number of hydrogen-bond donors (Lipinski definition) is 1. The molecule has 2 aliphatic rings. The summed E-state index contributed by atoms with van der Waals surface area (Å²) in [4.78, 5) is 10.5. The quantitative estimate of drug-likeness (QED) is 0.760. The summed E-state index contributed by atoms with van der Waals surface area (Å²) < 4.78 is 34.6. The van der Waals surface area contributed by atoms with Gasteiger partial charge in [0.05, 0.1) is 17.5 Å². The fraction of sp³-hybridized carbons (Fsp3) is 0.900. The molecule has 98 valence electrons. The number of hydrogen-bond acceptors (Lipinski definition) is 5. The Morgan fingerprint density at radius 1 is 1.41 bits per heavy atom. The lowest BCUT2D eigenvalue weighted by Gasteiger charge is -2.36. The summed E-state index contributed by atoms with van der Waals surface area (Å²) in [5.74, 6) is -2.09. The summed E-state index contributed by atoms with van der Waals surface area (Å²) in [6.07, 6.45) is 1.41. The van der Waals surface area contributed by atoms with Gasteiger partial charge in [-0.05, 0) is 12.8 Å². The van der Waals surface area contributed by atoms with Gasteiger partial charge in [0.1, 0.15) is 5.75 Å². The molecule has 1 spiro atoms. The summed E-state index contributed by atoms with van der Waals surface area (Å²) in [6.45, 7) is 1.34. The first kappa shape index (κ1) is 12.8. The zero-order chi connectivity index (χ0) is 12.5. The second kappa shape index (κ2) is 4.55. The van der Waals surface area contributed by atoms with Crippen molar-refractivity contribution in [1.82, 2.24) is 0 Å². The number of sulfone groups is 1. The number of rotatable bonds is 3. The van der Waals surface area contributed by atoms with Crippen LogP contribution in [-0.2, 0) is 24.1 Å². The minimum absolute atomic E-state index is 0.350.